The van der Waals surface area contributed by atoms with Crippen molar-refractivity contribution in [1.29, 1.82) is 0 Å². The second-order valence-electron chi connectivity index (χ2n) is 4.42. The number of rotatable bonds is 1. The van der Waals surface area contributed by atoms with E-state index in [1.54, 1.807) is 6.20 Å². The van der Waals surface area contributed by atoms with Gasteiger partial charge >= 0.3 is 0 Å². The largest absolute Gasteiger partial charge is 0.378 e. The fraction of sp³-hybridized carbons (Fsp3) is 0.214. The number of halogens is 2. The molecule has 1 atom stereocenters. The van der Waals surface area contributed by atoms with E-state index in [0.717, 1.165) is 22.9 Å². The van der Waals surface area contributed by atoms with Crippen LogP contribution < -0.4 is 5.32 Å². The zero-order valence-corrected chi connectivity index (χ0v) is 12.0. The van der Waals surface area contributed by atoms with Gasteiger partial charge < -0.3 is 5.32 Å². The molecule has 1 aliphatic rings. The van der Waals surface area contributed by atoms with Crippen LogP contribution in [0.3, 0.4) is 0 Å². The number of anilines is 1. The predicted octanol–water partition coefficient (Wildman–Crippen LogP) is 4.60. The molecule has 0 spiro atoms. The minimum atomic E-state index is 0.250. The van der Waals surface area contributed by atoms with E-state index in [1.165, 1.54) is 11.3 Å². The highest BCUT2D eigenvalue weighted by molar-refractivity contribution is 9.10. The summed E-state index contributed by atoms with van der Waals surface area (Å²) in [6, 6.07) is 10.6. The molecule has 0 bridgehead atoms. The SMILES string of the molecule is Clc1ncccc1C1CCc2cc(Br)ccc2N1. The first-order valence-electron chi connectivity index (χ1n) is 5.89. The first-order valence-corrected chi connectivity index (χ1v) is 7.06. The molecule has 2 nitrogen and oxygen atoms in total. The maximum absolute atomic E-state index is 6.15. The van der Waals surface area contributed by atoms with Gasteiger partial charge in [0.15, 0.2) is 0 Å². The Bertz CT molecular complexity index is 586. The van der Waals surface area contributed by atoms with Crippen LogP contribution in [0, 0.1) is 0 Å². The summed E-state index contributed by atoms with van der Waals surface area (Å²) in [7, 11) is 0. The molecule has 1 aromatic carbocycles. The van der Waals surface area contributed by atoms with Crippen molar-refractivity contribution in [1.82, 2.24) is 4.98 Å². The fourth-order valence-electron chi connectivity index (χ4n) is 2.36. The van der Waals surface area contributed by atoms with E-state index in [9.17, 15) is 0 Å². The van der Waals surface area contributed by atoms with Crippen LogP contribution in [-0.2, 0) is 6.42 Å². The lowest BCUT2D eigenvalue weighted by Gasteiger charge is -2.27. The molecule has 0 saturated heterocycles. The number of nitrogens with one attached hydrogen (secondary N) is 1. The Morgan fingerprint density at radius 3 is 3.06 bits per heavy atom. The molecule has 0 saturated carbocycles. The van der Waals surface area contributed by atoms with Gasteiger partial charge in [-0.1, -0.05) is 33.6 Å². The van der Waals surface area contributed by atoms with Crippen molar-refractivity contribution in [2.45, 2.75) is 18.9 Å². The molecule has 0 amide bonds. The second-order valence-corrected chi connectivity index (χ2v) is 5.69. The Morgan fingerprint density at radius 1 is 1.33 bits per heavy atom. The smallest absolute Gasteiger partial charge is 0.134 e. The van der Waals surface area contributed by atoms with Crippen molar-refractivity contribution in [3.05, 3.63) is 57.3 Å². The van der Waals surface area contributed by atoms with Crippen molar-refractivity contribution in [2.24, 2.45) is 0 Å². The Morgan fingerprint density at radius 2 is 2.22 bits per heavy atom. The lowest BCUT2D eigenvalue weighted by Crippen LogP contribution is -2.18. The number of nitrogens with zero attached hydrogens (tertiary/aromatic N) is 1. The van der Waals surface area contributed by atoms with Gasteiger partial charge in [0, 0.05) is 21.9 Å². The number of aryl methyl sites for hydroxylation is 1. The highest BCUT2D eigenvalue weighted by Gasteiger charge is 2.21. The Kier molecular flexibility index (Phi) is 3.27. The zero-order valence-electron chi connectivity index (χ0n) is 9.66. The van der Waals surface area contributed by atoms with Crippen molar-refractivity contribution >= 4 is 33.2 Å². The summed E-state index contributed by atoms with van der Waals surface area (Å²) in [6.45, 7) is 0. The first-order chi connectivity index (χ1) is 8.74. The minimum absolute atomic E-state index is 0.250. The number of hydrogen-bond acceptors (Lipinski definition) is 2. The van der Waals surface area contributed by atoms with Gasteiger partial charge in [-0.3, -0.25) is 0 Å². The van der Waals surface area contributed by atoms with Crippen molar-refractivity contribution in [3.63, 3.8) is 0 Å². The summed E-state index contributed by atoms with van der Waals surface area (Å²) in [5.74, 6) is 0. The molecule has 1 unspecified atom stereocenters. The topological polar surface area (TPSA) is 24.9 Å². The van der Waals surface area contributed by atoms with Gasteiger partial charge in [0.1, 0.15) is 5.15 Å². The molecule has 3 rings (SSSR count). The van der Waals surface area contributed by atoms with E-state index in [2.05, 4.69) is 44.4 Å². The maximum Gasteiger partial charge on any atom is 0.134 e. The van der Waals surface area contributed by atoms with Gasteiger partial charge in [-0.2, -0.15) is 0 Å². The number of benzene rings is 1. The number of pyridine rings is 1. The van der Waals surface area contributed by atoms with Crippen LogP contribution >= 0.6 is 27.5 Å². The fourth-order valence-corrected chi connectivity index (χ4v) is 3.02. The highest BCUT2D eigenvalue weighted by atomic mass is 79.9. The molecular formula is C14H12BrClN2. The monoisotopic (exact) mass is 322 g/mol. The quantitative estimate of drug-likeness (QED) is 0.776. The van der Waals surface area contributed by atoms with Crippen molar-refractivity contribution in [3.8, 4) is 0 Å². The van der Waals surface area contributed by atoms with Crippen molar-refractivity contribution < 1.29 is 0 Å². The molecule has 18 heavy (non-hydrogen) atoms. The second kappa shape index (κ2) is 4.90. The summed E-state index contributed by atoms with van der Waals surface area (Å²) in [5.41, 5.74) is 3.61. The maximum atomic E-state index is 6.15. The zero-order chi connectivity index (χ0) is 12.5. The molecule has 1 aromatic heterocycles. The molecule has 2 heterocycles. The number of fused-ring (bicyclic) bond motifs is 1. The van der Waals surface area contributed by atoms with Gasteiger partial charge in [0.25, 0.3) is 0 Å². The van der Waals surface area contributed by atoms with E-state index in [0.29, 0.717) is 5.15 Å². The van der Waals surface area contributed by atoms with Crippen LogP contribution in [-0.4, -0.2) is 4.98 Å². The lowest BCUT2D eigenvalue weighted by atomic mass is 9.94. The summed E-state index contributed by atoms with van der Waals surface area (Å²) < 4.78 is 1.13. The van der Waals surface area contributed by atoms with Gasteiger partial charge in [0.05, 0.1) is 6.04 Å². The third kappa shape index (κ3) is 2.25. The van der Waals surface area contributed by atoms with E-state index in [1.807, 2.05) is 12.1 Å². The van der Waals surface area contributed by atoms with Crippen LogP contribution in [0.25, 0.3) is 0 Å². The first kappa shape index (κ1) is 12.0. The van der Waals surface area contributed by atoms with E-state index in [4.69, 9.17) is 11.6 Å². The standard InChI is InChI=1S/C14H12BrClN2/c15-10-4-6-12-9(8-10)3-5-13(18-12)11-2-1-7-17-14(11)16/h1-2,4,6-8,13,18H,3,5H2. The molecule has 1 aliphatic heterocycles. The summed E-state index contributed by atoms with van der Waals surface area (Å²) in [4.78, 5) is 4.14. The lowest BCUT2D eigenvalue weighted by molar-refractivity contribution is 0.665. The van der Waals surface area contributed by atoms with Gasteiger partial charge in [-0.05, 0) is 42.7 Å². The van der Waals surface area contributed by atoms with E-state index < -0.39 is 0 Å². The van der Waals surface area contributed by atoms with Gasteiger partial charge in [0.2, 0.25) is 0 Å². The van der Waals surface area contributed by atoms with Crippen molar-refractivity contribution in [2.75, 3.05) is 5.32 Å². The Balaban J connectivity index is 1.92. The third-order valence-electron chi connectivity index (χ3n) is 3.26. The van der Waals surface area contributed by atoms with Crippen LogP contribution in [0.1, 0.15) is 23.6 Å². The molecular weight excluding hydrogens is 312 g/mol. The minimum Gasteiger partial charge on any atom is -0.378 e. The molecule has 0 radical (unpaired) electrons. The molecule has 92 valence electrons. The summed E-state index contributed by atoms with van der Waals surface area (Å²) in [5, 5.41) is 4.13. The molecule has 2 aromatic rings. The predicted molar refractivity (Wildman–Crippen MR) is 78.1 cm³/mol. The molecule has 0 aliphatic carbocycles. The van der Waals surface area contributed by atoms with Crippen LogP contribution in [0.4, 0.5) is 5.69 Å². The van der Waals surface area contributed by atoms with Crippen LogP contribution in [0.2, 0.25) is 5.15 Å². The average molecular weight is 324 g/mol. The Labute approximate surface area is 120 Å². The van der Waals surface area contributed by atoms with Crippen LogP contribution in [0.15, 0.2) is 41.0 Å². The number of hydrogen-bond donors (Lipinski definition) is 1. The normalized spacial score (nSPS) is 18.0. The van der Waals surface area contributed by atoms with Gasteiger partial charge in [-0.15, -0.1) is 0 Å². The summed E-state index contributed by atoms with van der Waals surface area (Å²) in [6.07, 6.45) is 3.81. The van der Waals surface area contributed by atoms with Crippen LogP contribution in [0.5, 0.6) is 0 Å². The Hall–Kier alpha value is -1.06. The molecule has 0 fully saturated rings. The van der Waals surface area contributed by atoms with Gasteiger partial charge in [-0.25, -0.2) is 4.98 Å². The van der Waals surface area contributed by atoms with E-state index >= 15 is 0 Å². The number of aromatic nitrogens is 1. The third-order valence-corrected chi connectivity index (χ3v) is 4.07. The average Bonchev–Trinajstić information content (AvgIpc) is 2.39. The summed E-state index contributed by atoms with van der Waals surface area (Å²) >= 11 is 9.65. The van der Waals surface area contributed by atoms with E-state index in [-0.39, 0.29) is 6.04 Å². The molecule has 4 heteroatoms. The highest BCUT2D eigenvalue weighted by Crippen LogP contribution is 2.35. The molecule has 1 N–H and O–H groups in total.